The number of piperidine rings is 1. The largest absolute Gasteiger partial charge is 0.353 e. The minimum atomic E-state index is 0.190. The summed E-state index contributed by atoms with van der Waals surface area (Å²) in [5, 5.41) is 3.02. The van der Waals surface area contributed by atoms with Gasteiger partial charge in [-0.2, -0.15) is 11.8 Å². The number of carbonyl (C=O) groups is 2. The van der Waals surface area contributed by atoms with E-state index in [2.05, 4.69) is 5.32 Å². The number of likely N-dealkylation sites (tertiary alicyclic amines) is 1. The molecule has 0 bridgehead atoms. The lowest BCUT2D eigenvalue weighted by atomic mass is 9.93. The Bertz CT molecular complexity index is 331. The molecule has 1 aliphatic heterocycles. The van der Waals surface area contributed by atoms with E-state index in [1.165, 1.54) is 0 Å². The summed E-state index contributed by atoms with van der Waals surface area (Å²) in [6.45, 7) is 1.74. The third-order valence-electron chi connectivity index (χ3n) is 3.86. The molecule has 1 heterocycles. The van der Waals surface area contributed by atoms with Gasteiger partial charge in [-0.05, 0) is 44.3 Å². The van der Waals surface area contributed by atoms with Crippen LogP contribution in [0.15, 0.2) is 0 Å². The molecule has 2 aliphatic rings. The van der Waals surface area contributed by atoms with Gasteiger partial charge < -0.3 is 10.2 Å². The normalized spacial score (nSPS) is 23.2. The summed E-state index contributed by atoms with van der Waals surface area (Å²) in [5.41, 5.74) is 0. The predicted octanol–water partition coefficient (Wildman–Crippen LogP) is 1.65. The second-order valence-electron chi connectivity index (χ2n) is 5.66. The zero-order chi connectivity index (χ0) is 13.7. The first-order valence-corrected chi connectivity index (χ1v) is 8.64. The number of amides is 2. The van der Waals surface area contributed by atoms with Crippen molar-refractivity contribution in [3.63, 3.8) is 0 Å². The predicted molar refractivity (Wildman–Crippen MR) is 78.1 cm³/mol. The van der Waals surface area contributed by atoms with Gasteiger partial charge in [-0.1, -0.05) is 0 Å². The number of thioether (sulfide) groups is 1. The molecule has 0 aromatic heterocycles. The average Bonchev–Trinajstić information content (AvgIpc) is 3.21. The maximum Gasteiger partial charge on any atom is 0.232 e. The number of rotatable bonds is 6. The van der Waals surface area contributed by atoms with Crippen LogP contribution in [-0.4, -0.2) is 47.9 Å². The molecule has 1 unspecified atom stereocenters. The van der Waals surface area contributed by atoms with E-state index in [9.17, 15) is 9.59 Å². The summed E-state index contributed by atoms with van der Waals surface area (Å²) < 4.78 is 0. The molecule has 4 nitrogen and oxygen atoms in total. The summed E-state index contributed by atoms with van der Waals surface area (Å²) in [6.07, 6.45) is 8.02. The van der Waals surface area contributed by atoms with E-state index in [0.717, 1.165) is 45.2 Å². The molecule has 108 valence electrons. The molecule has 1 aliphatic carbocycles. The van der Waals surface area contributed by atoms with Crippen LogP contribution in [0.4, 0.5) is 0 Å². The van der Waals surface area contributed by atoms with Gasteiger partial charge >= 0.3 is 0 Å². The number of hydrogen-bond acceptors (Lipinski definition) is 3. The molecule has 1 N–H and O–H groups in total. The number of carbonyl (C=O) groups excluding carboxylic acids is 2. The molecule has 1 atom stereocenters. The molecule has 2 fully saturated rings. The van der Waals surface area contributed by atoms with Crippen molar-refractivity contribution in [1.82, 2.24) is 10.2 Å². The molecule has 0 aromatic rings. The molecule has 2 rings (SSSR count). The fourth-order valence-corrected chi connectivity index (χ4v) is 3.03. The van der Waals surface area contributed by atoms with Crippen molar-refractivity contribution in [1.29, 1.82) is 0 Å². The van der Waals surface area contributed by atoms with Gasteiger partial charge in [0.1, 0.15) is 0 Å². The van der Waals surface area contributed by atoms with E-state index in [0.29, 0.717) is 24.1 Å². The lowest BCUT2D eigenvalue weighted by molar-refractivity contribution is -0.130. The van der Waals surface area contributed by atoms with Gasteiger partial charge in [0.05, 0.1) is 5.75 Å². The molecule has 1 saturated heterocycles. The Hall–Kier alpha value is -0.710. The van der Waals surface area contributed by atoms with Crippen molar-refractivity contribution in [3.8, 4) is 0 Å². The maximum atomic E-state index is 11.9. The van der Waals surface area contributed by atoms with Crippen LogP contribution in [0.2, 0.25) is 0 Å². The van der Waals surface area contributed by atoms with E-state index in [1.807, 2.05) is 11.2 Å². The average molecular weight is 284 g/mol. The zero-order valence-corrected chi connectivity index (χ0v) is 12.5. The van der Waals surface area contributed by atoms with Gasteiger partial charge in [0, 0.05) is 25.6 Å². The molecule has 19 heavy (non-hydrogen) atoms. The van der Waals surface area contributed by atoms with Gasteiger partial charge in [0.25, 0.3) is 0 Å². The minimum Gasteiger partial charge on any atom is -0.353 e. The van der Waals surface area contributed by atoms with Crippen molar-refractivity contribution < 1.29 is 9.59 Å². The number of nitrogens with one attached hydrogen (secondary N) is 1. The second kappa shape index (κ2) is 7.17. The Morgan fingerprint density at radius 3 is 2.79 bits per heavy atom. The standard InChI is InChI=1S/C14H24N2O2S/c1-19-10-14(18)16-8-2-3-11(9-16)4-7-13(17)15-12-5-6-12/h11-12H,2-10H2,1H3,(H,15,17). The van der Waals surface area contributed by atoms with Gasteiger partial charge in [0.15, 0.2) is 0 Å². The van der Waals surface area contributed by atoms with E-state index < -0.39 is 0 Å². The monoisotopic (exact) mass is 284 g/mol. The van der Waals surface area contributed by atoms with Gasteiger partial charge in [-0.25, -0.2) is 0 Å². The fourth-order valence-electron chi connectivity index (χ4n) is 2.60. The lowest BCUT2D eigenvalue weighted by Gasteiger charge is -2.32. The Morgan fingerprint density at radius 1 is 1.32 bits per heavy atom. The lowest BCUT2D eigenvalue weighted by Crippen LogP contribution is -2.41. The first kappa shape index (κ1) is 14.7. The Morgan fingerprint density at radius 2 is 2.11 bits per heavy atom. The first-order valence-electron chi connectivity index (χ1n) is 7.25. The summed E-state index contributed by atoms with van der Waals surface area (Å²) in [4.78, 5) is 25.5. The minimum absolute atomic E-state index is 0.190. The molecule has 0 radical (unpaired) electrons. The van der Waals surface area contributed by atoms with Crippen molar-refractivity contribution in [2.75, 3.05) is 25.1 Å². The van der Waals surface area contributed by atoms with Crippen LogP contribution >= 0.6 is 11.8 Å². The van der Waals surface area contributed by atoms with Crippen LogP contribution in [0.1, 0.15) is 38.5 Å². The molecular formula is C14H24N2O2S. The van der Waals surface area contributed by atoms with Crippen molar-refractivity contribution in [2.24, 2.45) is 5.92 Å². The molecular weight excluding hydrogens is 260 g/mol. The molecule has 1 saturated carbocycles. The topological polar surface area (TPSA) is 49.4 Å². The highest BCUT2D eigenvalue weighted by Gasteiger charge is 2.26. The second-order valence-corrected chi connectivity index (χ2v) is 6.53. The first-order chi connectivity index (χ1) is 9.19. The van der Waals surface area contributed by atoms with Crippen LogP contribution in [0.3, 0.4) is 0 Å². The van der Waals surface area contributed by atoms with Crippen LogP contribution in [-0.2, 0) is 9.59 Å². The number of nitrogens with zero attached hydrogens (tertiary/aromatic N) is 1. The van der Waals surface area contributed by atoms with Crippen molar-refractivity contribution in [3.05, 3.63) is 0 Å². The summed E-state index contributed by atoms with van der Waals surface area (Å²) in [5.74, 6) is 1.52. The number of hydrogen-bond donors (Lipinski definition) is 1. The van der Waals surface area contributed by atoms with Crippen LogP contribution in [0, 0.1) is 5.92 Å². The van der Waals surface area contributed by atoms with E-state index in [4.69, 9.17) is 0 Å². The van der Waals surface area contributed by atoms with Crippen LogP contribution < -0.4 is 5.32 Å². The summed E-state index contributed by atoms with van der Waals surface area (Å²) in [7, 11) is 0. The van der Waals surface area contributed by atoms with E-state index >= 15 is 0 Å². The van der Waals surface area contributed by atoms with Crippen LogP contribution in [0.5, 0.6) is 0 Å². The van der Waals surface area contributed by atoms with Crippen molar-refractivity contribution >= 4 is 23.6 Å². The van der Waals surface area contributed by atoms with E-state index in [1.54, 1.807) is 11.8 Å². The third-order valence-corrected chi connectivity index (χ3v) is 4.40. The highest BCUT2D eigenvalue weighted by molar-refractivity contribution is 7.99. The van der Waals surface area contributed by atoms with E-state index in [-0.39, 0.29) is 11.8 Å². The quantitative estimate of drug-likeness (QED) is 0.807. The van der Waals surface area contributed by atoms with Gasteiger partial charge in [-0.15, -0.1) is 0 Å². The van der Waals surface area contributed by atoms with Gasteiger partial charge in [0.2, 0.25) is 11.8 Å². The zero-order valence-electron chi connectivity index (χ0n) is 11.7. The Balaban J connectivity index is 1.68. The molecule has 5 heteroatoms. The highest BCUT2D eigenvalue weighted by Crippen LogP contribution is 2.23. The Labute approximate surface area is 119 Å². The third kappa shape index (κ3) is 5.05. The molecule has 0 aromatic carbocycles. The fraction of sp³-hybridized carbons (Fsp3) is 0.857. The maximum absolute atomic E-state index is 11.9. The highest BCUT2D eigenvalue weighted by atomic mass is 32.2. The molecule has 2 amide bonds. The summed E-state index contributed by atoms with van der Waals surface area (Å²) >= 11 is 1.58. The van der Waals surface area contributed by atoms with Crippen molar-refractivity contribution in [2.45, 2.75) is 44.6 Å². The Kier molecular flexibility index (Phi) is 5.55. The SMILES string of the molecule is CSCC(=O)N1CCCC(CCC(=O)NC2CC2)C1. The smallest absolute Gasteiger partial charge is 0.232 e. The van der Waals surface area contributed by atoms with Gasteiger partial charge in [-0.3, -0.25) is 9.59 Å². The summed E-state index contributed by atoms with van der Waals surface area (Å²) in [6, 6.07) is 0.457. The molecule has 0 spiro atoms. The van der Waals surface area contributed by atoms with Crippen LogP contribution in [0.25, 0.3) is 0 Å².